The molecule has 1 amide bonds. The van der Waals surface area contributed by atoms with E-state index in [2.05, 4.69) is 32.8 Å². The van der Waals surface area contributed by atoms with Crippen molar-refractivity contribution in [3.8, 4) is 5.75 Å². The fourth-order valence-electron chi connectivity index (χ4n) is 4.75. The van der Waals surface area contributed by atoms with Crippen molar-refractivity contribution in [1.82, 2.24) is 20.6 Å². The summed E-state index contributed by atoms with van der Waals surface area (Å²) in [6.07, 6.45) is -1.64. The summed E-state index contributed by atoms with van der Waals surface area (Å²) >= 11 is 0. The molecule has 0 spiro atoms. The summed E-state index contributed by atoms with van der Waals surface area (Å²) in [5, 5.41) is 19.3. The zero-order valence-corrected chi connectivity index (χ0v) is 27.5. The number of alkyl halides is 3. The fraction of sp³-hybridized carbons (Fsp3) is 0.469. The molecule has 1 aromatic carbocycles. The number of benzene rings is 1. The monoisotopic (exact) mass is 678 g/mol. The van der Waals surface area contributed by atoms with Gasteiger partial charge in [0.2, 0.25) is 10.0 Å². The van der Waals surface area contributed by atoms with Crippen molar-refractivity contribution in [3.63, 3.8) is 0 Å². The summed E-state index contributed by atoms with van der Waals surface area (Å²) in [4.78, 5) is 22.1. The van der Waals surface area contributed by atoms with E-state index in [1.54, 1.807) is 32.2 Å². The Bertz CT molecular complexity index is 1610. The first-order chi connectivity index (χ1) is 22.1. The Labute approximate surface area is 273 Å². The van der Waals surface area contributed by atoms with Crippen LogP contribution in [0.5, 0.6) is 5.75 Å². The molecule has 4 N–H and O–H groups in total. The van der Waals surface area contributed by atoms with Crippen LogP contribution in [0.15, 0.2) is 60.9 Å². The predicted octanol–water partition coefficient (Wildman–Crippen LogP) is 4.07. The van der Waals surface area contributed by atoms with E-state index in [0.717, 1.165) is 22.9 Å². The predicted molar refractivity (Wildman–Crippen MR) is 173 cm³/mol. The molecule has 1 saturated carbocycles. The third-order valence-corrected chi connectivity index (χ3v) is 10.1. The molecular formula is C32H41F3N6O5S. The van der Waals surface area contributed by atoms with Gasteiger partial charge in [0.1, 0.15) is 24.0 Å². The molecule has 2 heterocycles. The number of amides is 1. The molecule has 4 atom stereocenters. The van der Waals surface area contributed by atoms with Crippen molar-refractivity contribution in [2.24, 2.45) is 11.8 Å². The van der Waals surface area contributed by atoms with Crippen molar-refractivity contribution in [2.75, 3.05) is 36.4 Å². The van der Waals surface area contributed by atoms with Crippen LogP contribution in [0.2, 0.25) is 0 Å². The van der Waals surface area contributed by atoms with Crippen molar-refractivity contribution < 1.29 is 36.2 Å². The highest BCUT2D eigenvalue weighted by molar-refractivity contribution is 7.93. The first-order valence-electron chi connectivity index (χ1n) is 15.3. The Morgan fingerprint density at radius 1 is 1.17 bits per heavy atom. The zero-order chi connectivity index (χ0) is 34.4. The number of pyridine rings is 2. The maximum atomic E-state index is 13.7. The number of nitrogens with one attached hydrogen (secondary N) is 3. The standard InChI is InChI=1S/C32H41F3N6O5S/c1-20(2)47(44,45)41(4)30-14-23(13-29(40-30)38-16-24-11-21(24)3)31(43)39-27(19-46-26-9-6-10-36-17-26)28(42)18-37-15-22-7-5-8-25(12-22)32(33,34)35/h5-10,12-14,17,20-21,24,27-28,37,42H,11,15-16,18-19H2,1-4H3,(H,38,40)(H,39,43). The number of hydrogen-bond donors (Lipinski definition) is 4. The number of aliphatic hydroxyl groups is 1. The van der Waals surface area contributed by atoms with Crippen molar-refractivity contribution in [1.29, 1.82) is 0 Å². The molecule has 1 fully saturated rings. The van der Waals surface area contributed by atoms with Crippen LogP contribution in [0.3, 0.4) is 0 Å². The summed E-state index contributed by atoms with van der Waals surface area (Å²) in [6.45, 7) is 5.60. The van der Waals surface area contributed by atoms with Gasteiger partial charge in [0.15, 0.2) is 0 Å². The Hall–Kier alpha value is -3.95. The second kappa shape index (κ2) is 15.3. The van der Waals surface area contributed by atoms with Crippen LogP contribution in [0, 0.1) is 11.8 Å². The highest BCUT2D eigenvalue weighted by Gasteiger charge is 2.33. The Morgan fingerprint density at radius 3 is 2.55 bits per heavy atom. The maximum Gasteiger partial charge on any atom is 0.416 e. The average molecular weight is 679 g/mol. The van der Waals surface area contributed by atoms with E-state index in [1.165, 1.54) is 37.5 Å². The molecule has 4 rings (SSSR count). The van der Waals surface area contributed by atoms with Crippen LogP contribution in [-0.2, 0) is 22.7 Å². The molecule has 47 heavy (non-hydrogen) atoms. The van der Waals surface area contributed by atoms with Crippen molar-refractivity contribution >= 4 is 27.6 Å². The number of sulfonamides is 1. The molecule has 0 bridgehead atoms. The quantitative estimate of drug-likeness (QED) is 0.176. The smallest absolute Gasteiger partial charge is 0.416 e. The van der Waals surface area contributed by atoms with Gasteiger partial charge in [0.25, 0.3) is 5.91 Å². The maximum absolute atomic E-state index is 13.7. The number of rotatable bonds is 16. The molecule has 0 aliphatic heterocycles. The van der Waals surface area contributed by atoms with Gasteiger partial charge >= 0.3 is 6.18 Å². The number of carbonyl (C=O) groups excluding carboxylic acids is 1. The van der Waals surface area contributed by atoms with E-state index in [9.17, 15) is 31.5 Å². The number of aliphatic hydroxyl groups excluding tert-OH is 1. The second-order valence-corrected chi connectivity index (χ2v) is 14.5. The van der Waals surface area contributed by atoms with Gasteiger partial charge in [-0.1, -0.05) is 25.1 Å². The Balaban J connectivity index is 1.53. The van der Waals surface area contributed by atoms with Gasteiger partial charge in [-0.05, 0) is 68.0 Å². The largest absolute Gasteiger partial charge is 0.490 e. The summed E-state index contributed by atoms with van der Waals surface area (Å²) in [7, 11) is -2.39. The minimum absolute atomic E-state index is 0.0319. The molecule has 0 radical (unpaired) electrons. The topological polar surface area (TPSA) is 146 Å². The van der Waals surface area contributed by atoms with Crippen LogP contribution in [0.25, 0.3) is 0 Å². The average Bonchev–Trinajstić information content (AvgIpc) is 3.75. The van der Waals surface area contributed by atoms with Crippen LogP contribution in [-0.4, -0.2) is 73.5 Å². The van der Waals surface area contributed by atoms with E-state index in [-0.39, 0.29) is 31.1 Å². The minimum Gasteiger partial charge on any atom is -0.490 e. The van der Waals surface area contributed by atoms with Crippen LogP contribution in [0.1, 0.15) is 48.7 Å². The Morgan fingerprint density at radius 2 is 1.91 bits per heavy atom. The molecule has 3 aromatic rings. The van der Waals surface area contributed by atoms with Crippen LogP contribution in [0.4, 0.5) is 24.8 Å². The number of hydrogen-bond acceptors (Lipinski definition) is 9. The molecule has 1 aliphatic carbocycles. The van der Waals surface area contributed by atoms with Gasteiger partial charge in [-0.3, -0.25) is 14.1 Å². The molecule has 1 aliphatic rings. The fourth-order valence-corrected chi connectivity index (χ4v) is 5.73. The number of aromatic nitrogens is 2. The van der Waals surface area contributed by atoms with Gasteiger partial charge in [-0.15, -0.1) is 0 Å². The second-order valence-electron chi connectivity index (χ2n) is 12.0. The van der Waals surface area contributed by atoms with E-state index in [4.69, 9.17) is 4.74 Å². The molecule has 15 heteroatoms. The van der Waals surface area contributed by atoms with E-state index >= 15 is 0 Å². The lowest BCUT2D eigenvalue weighted by molar-refractivity contribution is -0.137. The van der Waals surface area contributed by atoms with E-state index in [1.807, 2.05) is 0 Å². The van der Waals surface area contributed by atoms with Gasteiger partial charge in [0, 0.05) is 38.4 Å². The Kier molecular flexibility index (Phi) is 11.7. The number of ether oxygens (including phenoxy) is 1. The lowest BCUT2D eigenvalue weighted by atomic mass is 10.1. The third-order valence-electron chi connectivity index (χ3n) is 7.98. The van der Waals surface area contributed by atoms with Gasteiger partial charge in [0.05, 0.1) is 29.2 Å². The summed E-state index contributed by atoms with van der Waals surface area (Å²) < 4.78 is 72.1. The van der Waals surface area contributed by atoms with Crippen LogP contribution < -0.4 is 25.0 Å². The van der Waals surface area contributed by atoms with Gasteiger partial charge in [-0.2, -0.15) is 13.2 Å². The lowest BCUT2D eigenvalue weighted by Crippen LogP contribution is -2.50. The normalized spacial score (nSPS) is 17.6. The molecular weight excluding hydrogens is 637 g/mol. The SMILES string of the molecule is CC1CC1CNc1cc(C(=O)NC(COc2cccnc2)C(O)CNCc2cccc(C(F)(F)F)c2)cc(N(C)S(=O)(=O)C(C)C)n1. The molecule has 2 aromatic heterocycles. The number of halogens is 3. The summed E-state index contributed by atoms with van der Waals surface area (Å²) in [6, 6.07) is 10.0. The van der Waals surface area contributed by atoms with Crippen molar-refractivity contribution in [2.45, 2.75) is 57.3 Å². The zero-order valence-electron chi connectivity index (χ0n) is 26.7. The van der Waals surface area contributed by atoms with Crippen LogP contribution >= 0.6 is 0 Å². The van der Waals surface area contributed by atoms with E-state index in [0.29, 0.717) is 35.5 Å². The third kappa shape index (κ3) is 10.0. The van der Waals surface area contributed by atoms with E-state index < -0.39 is 45.1 Å². The minimum atomic E-state index is -4.49. The number of nitrogens with zero attached hydrogens (tertiary/aromatic N) is 3. The van der Waals surface area contributed by atoms with Gasteiger partial charge in [-0.25, -0.2) is 13.4 Å². The number of anilines is 2. The van der Waals surface area contributed by atoms with Crippen molar-refractivity contribution in [3.05, 3.63) is 77.6 Å². The highest BCUT2D eigenvalue weighted by Crippen LogP contribution is 2.37. The molecule has 256 valence electrons. The first kappa shape index (κ1) is 35.9. The lowest BCUT2D eigenvalue weighted by Gasteiger charge is -2.26. The number of carbonyl (C=O) groups is 1. The van der Waals surface area contributed by atoms with Gasteiger partial charge < -0.3 is 25.8 Å². The molecule has 11 nitrogen and oxygen atoms in total. The summed E-state index contributed by atoms with van der Waals surface area (Å²) in [5.74, 6) is 1.14. The highest BCUT2D eigenvalue weighted by atomic mass is 32.2. The first-order valence-corrected chi connectivity index (χ1v) is 16.8. The molecule has 4 unspecified atom stereocenters. The summed E-state index contributed by atoms with van der Waals surface area (Å²) in [5.41, 5.74) is -0.316. The molecule has 0 saturated heterocycles.